The molecule has 0 spiro atoms. The predicted octanol–water partition coefficient (Wildman–Crippen LogP) is 4.15. The van der Waals surface area contributed by atoms with Crippen LogP contribution in [0.2, 0.25) is 10.0 Å². The van der Waals surface area contributed by atoms with Crippen LogP contribution in [0.15, 0.2) is 52.4 Å². The molecule has 28 heavy (non-hydrogen) atoms. The van der Waals surface area contributed by atoms with Gasteiger partial charge in [-0.2, -0.15) is 0 Å². The summed E-state index contributed by atoms with van der Waals surface area (Å²) in [5, 5.41) is 3.72. The Balaban J connectivity index is 1.78. The van der Waals surface area contributed by atoms with Gasteiger partial charge in [0, 0.05) is 17.5 Å². The molecule has 2 aliphatic heterocycles. The molecule has 1 N–H and O–H groups in total. The van der Waals surface area contributed by atoms with Crippen molar-refractivity contribution in [3.05, 3.63) is 63.0 Å². The number of para-hydroxylation sites is 1. The number of amides is 3. The molecule has 3 amide bonds. The zero-order valence-corrected chi connectivity index (χ0v) is 16.7. The maximum absolute atomic E-state index is 12.9. The zero-order chi connectivity index (χ0) is 20.0. The predicted molar refractivity (Wildman–Crippen MR) is 111 cm³/mol. The van der Waals surface area contributed by atoms with E-state index in [2.05, 4.69) is 10.3 Å². The molecule has 0 atom stereocenters. The number of carbonyl (C=O) groups excluding carboxylic acids is 3. The van der Waals surface area contributed by atoms with Gasteiger partial charge in [-0.1, -0.05) is 41.4 Å². The van der Waals surface area contributed by atoms with Crippen molar-refractivity contribution in [1.29, 1.82) is 0 Å². The van der Waals surface area contributed by atoms with E-state index >= 15 is 0 Å². The van der Waals surface area contributed by atoms with E-state index in [0.29, 0.717) is 27.0 Å². The van der Waals surface area contributed by atoms with E-state index in [-0.39, 0.29) is 15.6 Å². The number of imide groups is 1. The highest BCUT2D eigenvalue weighted by atomic mass is 35.5. The molecule has 1 fully saturated rings. The third kappa shape index (κ3) is 3.11. The summed E-state index contributed by atoms with van der Waals surface area (Å²) in [4.78, 5) is 43.0. The number of fused-ring (bicyclic) bond motifs is 1. The van der Waals surface area contributed by atoms with E-state index in [1.54, 1.807) is 42.5 Å². The number of hydrogen-bond acceptors (Lipinski definition) is 5. The average molecular weight is 432 g/mol. The lowest BCUT2D eigenvalue weighted by Gasteiger charge is -2.11. The minimum absolute atomic E-state index is 0.181. The van der Waals surface area contributed by atoms with Gasteiger partial charge in [0.25, 0.3) is 11.8 Å². The number of halogens is 2. The van der Waals surface area contributed by atoms with E-state index in [4.69, 9.17) is 23.2 Å². The fourth-order valence-electron chi connectivity index (χ4n) is 2.97. The van der Waals surface area contributed by atoms with Crippen molar-refractivity contribution in [2.24, 2.45) is 4.99 Å². The van der Waals surface area contributed by atoms with Crippen molar-refractivity contribution in [3.63, 3.8) is 0 Å². The maximum Gasteiger partial charge on any atom is 0.267 e. The first-order chi connectivity index (χ1) is 13.4. The van der Waals surface area contributed by atoms with Crippen molar-refractivity contribution in [2.45, 2.75) is 6.92 Å². The Kier molecular flexibility index (Phi) is 4.74. The molecule has 0 saturated carbocycles. The number of anilines is 1. The molecule has 0 unspecified atom stereocenters. The van der Waals surface area contributed by atoms with Crippen LogP contribution in [-0.2, 0) is 14.4 Å². The van der Waals surface area contributed by atoms with Gasteiger partial charge in [0.05, 0.1) is 26.9 Å². The average Bonchev–Trinajstić information content (AvgIpc) is 3.13. The molecule has 2 heterocycles. The van der Waals surface area contributed by atoms with E-state index in [1.165, 1.54) is 6.92 Å². The molecule has 2 aromatic carbocycles. The number of rotatable bonds is 1. The molecule has 9 heteroatoms. The van der Waals surface area contributed by atoms with Gasteiger partial charge < -0.3 is 5.32 Å². The number of aliphatic imine (C=N–C) groups is 1. The second kappa shape index (κ2) is 7.09. The lowest BCUT2D eigenvalue weighted by atomic mass is 10.1. The third-order valence-electron chi connectivity index (χ3n) is 4.13. The van der Waals surface area contributed by atoms with Crippen molar-refractivity contribution in [3.8, 4) is 0 Å². The molecule has 0 aromatic heterocycles. The van der Waals surface area contributed by atoms with Gasteiger partial charge in [-0.25, -0.2) is 9.89 Å². The zero-order valence-electron chi connectivity index (χ0n) is 14.3. The topological polar surface area (TPSA) is 78.8 Å². The molecule has 1 saturated heterocycles. The van der Waals surface area contributed by atoms with Crippen LogP contribution < -0.4 is 10.2 Å². The van der Waals surface area contributed by atoms with E-state index < -0.39 is 17.7 Å². The Morgan fingerprint density at radius 1 is 1.14 bits per heavy atom. The lowest BCUT2D eigenvalue weighted by molar-refractivity contribution is -0.122. The summed E-state index contributed by atoms with van der Waals surface area (Å²) in [5.41, 5.74) is 1.61. The Morgan fingerprint density at radius 2 is 1.89 bits per heavy atom. The molecular formula is C19H11Cl2N3O3S. The van der Waals surface area contributed by atoms with Crippen LogP contribution in [0, 0.1) is 0 Å². The highest BCUT2D eigenvalue weighted by Gasteiger charge is 2.40. The van der Waals surface area contributed by atoms with Gasteiger partial charge in [-0.3, -0.25) is 14.4 Å². The molecule has 0 aliphatic carbocycles. The maximum atomic E-state index is 12.9. The van der Waals surface area contributed by atoms with Gasteiger partial charge in [0.1, 0.15) is 0 Å². The van der Waals surface area contributed by atoms with Gasteiger partial charge in [0.2, 0.25) is 5.91 Å². The first-order valence-electron chi connectivity index (χ1n) is 8.08. The largest absolute Gasteiger partial charge is 0.300 e. The van der Waals surface area contributed by atoms with Crippen LogP contribution in [0.25, 0.3) is 5.57 Å². The number of amidine groups is 1. The summed E-state index contributed by atoms with van der Waals surface area (Å²) in [6.45, 7) is 1.31. The smallest absolute Gasteiger partial charge is 0.267 e. The Morgan fingerprint density at radius 3 is 2.61 bits per heavy atom. The van der Waals surface area contributed by atoms with Gasteiger partial charge >= 0.3 is 0 Å². The molecule has 6 nitrogen and oxygen atoms in total. The Hall–Kier alpha value is -2.61. The summed E-state index contributed by atoms with van der Waals surface area (Å²) in [6.07, 6.45) is 0. The molecule has 0 radical (unpaired) electrons. The normalized spacial score (nSPS) is 20.0. The van der Waals surface area contributed by atoms with Gasteiger partial charge in [-0.05, 0) is 36.0 Å². The van der Waals surface area contributed by atoms with E-state index in [0.717, 1.165) is 16.7 Å². The summed E-state index contributed by atoms with van der Waals surface area (Å²) >= 11 is 13.0. The summed E-state index contributed by atoms with van der Waals surface area (Å²) in [6, 6.07) is 11.7. The monoisotopic (exact) mass is 431 g/mol. The third-order valence-corrected chi connectivity index (χ3v) is 5.65. The van der Waals surface area contributed by atoms with Crippen LogP contribution in [0.3, 0.4) is 0 Å². The minimum Gasteiger partial charge on any atom is -0.300 e. The summed E-state index contributed by atoms with van der Waals surface area (Å²) in [7, 11) is 0. The van der Waals surface area contributed by atoms with Crippen molar-refractivity contribution in [1.82, 2.24) is 5.32 Å². The van der Waals surface area contributed by atoms with Crippen LogP contribution in [-0.4, -0.2) is 22.9 Å². The van der Waals surface area contributed by atoms with Gasteiger partial charge in [-0.15, -0.1) is 0 Å². The molecule has 140 valence electrons. The van der Waals surface area contributed by atoms with Crippen molar-refractivity contribution >= 4 is 74.8 Å². The van der Waals surface area contributed by atoms with Crippen LogP contribution >= 0.6 is 35.0 Å². The molecule has 4 rings (SSSR count). The fourth-order valence-corrected chi connectivity index (χ4v) is 4.34. The lowest BCUT2D eigenvalue weighted by Crippen LogP contribution is -2.31. The number of hydrogen-bond donors (Lipinski definition) is 1. The fraction of sp³-hybridized carbons (Fsp3) is 0.0526. The van der Waals surface area contributed by atoms with Crippen molar-refractivity contribution in [2.75, 3.05) is 4.90 Å². The Labute approximate surface area is 174 Å². The van der Waals surface area contributed by atoms with Crippen LogP contribution in [0.1, 0.15) is 12.5 Å². The highest BCUT2D eigenvalue weighted by molar-refractivity contribution is 8.18. The molecular weight excluding hydrogens is 421 g/mol. The minimum atomic E-state index is -0.530. The highest BCUT2D eigenvalue weighted by Crippen LogP contribution is 2.43. The number of benzene rings is 2. The molecule has 2 aromatic rings. The van der Waals surface area contributed by atoms with Gasteiger partial charge in [0.15, 0.2) is 5.17 Å². The summed E-state index contributed by atoms with van der Waals surface area (Å²) < 4.78 is 0. The van der Waals surface area contributed by atoms with E-state index in [9.17, 15) is 14.4 Å². The molecule has 0 bridgehead atoms. The number of nitrogens with zero attached hydrogens (tertiary/aromatic N) is 2. The first-order valence-corrected chi connectivity index (χ1v) is 9.65. The van der Waals surface area contributed by atoms with E-state index in [1.807, 2.05) is 0 Å². The second-order valence-corrected chi connectivity index (χ2v) is 7.79. The van der Waals surface area contributed by atoms with Crippen LogP contribution in [0.4, 0.5) is 11.4 Å². The second-order valence-electron chi connectivity index (χ2n) is 5.95. The number of nitrogens with one attached hydrogen (secondary N) is 1. The quantitative estimate of drug-likeness (QED) is 0.687. The summed E-state index contributed by atoms with van der Waals surface area (Å²) in [5.74, 6) is -1.41. The first kappa shape index (κ1) is 18.7. The van der Waals surface area contributed by atoms with Crippen LogP contribution in [0.5, 0.6) is 0 Å². The van der Waals surface area contributed by atoms with Crippen molar-refractivity contribution < 1.29 is 14.4 Å². The number of carbonyl (C=O) groups is 3. The molecule has 2 aliphatic rings. The Bertz CT molecular complexity index is 1130. The standard InChI is InChI=1S/C19H11Cl2N3O3S/c1-9(25)24-14-5-3-2-4-11(14)15(18(24)27)16-17(26)23-19(28-16)22-13-7-6-10(20)8-12(13)21/h2-8H,1H3,(H,22,23,26). The SMILES string of the molecule is CC(=O)N1C(=O)C(=C2SC(=Nc3ccc(Cl)cc3Cl)NC2=O)c2ccccc21. The number of thioether (sulfide) groups is 1.